The number of ether oxygens (including phenoxy) is 2. The lowest BCUT2D eigenvalue weighted by molar-refractivity contribution is -0.275. The zero-order chi connectivity index (χ0) is 30.1. The molecule has 0 bridgehead atoms. The topological polar surface area (TPSA) is 108 Å². The molecular weight excluding hydrogens is 532 g/mol. The van der Waals surface area contributed by atoms with Crippen LogP contribution in [-0.4, -0.2) is 53.2 Å². The fourth-order valence-electron chi connectivity index (χ4n) is 5.21. The second-order valence-electron chi connectivity index (χ2n) is 10.8. The SMILES string of the molecule is C=CCN(C)C[C@H]1O[C@@H](c2ccc(-c3ccccc3CNC(=O)CCC(=O)O)cc2)O[C@@H](c2ccc(CO)cc2)[C@H]1C. The summed E-state index contributed by atoms with van der Waals surface area (Å²) in [7, 11) is 2.05. The minimum Gasteiger partial charge on any atom is -0.481 e. The summed E-state index contributed by atoms with van der Waals surface area (Å²) < 4.78 is 13.1. The van der Waals surface area contributed by atoms with Gasteiger partial charge in [-0.25, -0.2) is 0 Å². The Morgan fingerprint density at radius 3 is 2.33 bits per heavy atom. The Bertz CT molecular complexity index is 1340. The normalized spacial score (nSPS) is 20.3. The van der Waals surface area contributed by atoms with Gasteiger partial charge in [-0.15, -0.1) is 6.58 Å². The number of amides is 1. The summed E-state index contributed by atoms with van der Waals surface area (Å²) in [4.78, 5) is 25.0. The number of nitrogens with zero attached hydrogens (tertiary/aromatic N) is 1. The molecule has 8 nitrogen and oxygen atoms in total. The second-order valence-corrected chi connectivity index (χ2v) is 10.8. The van der Waals surface area contributed by atoms with Crippen molar-refractivity contribution in [1.29, 1.82) is 0 Å². The van der Waals surface area contributed by atoms with Gasteiger partial charge in [0.05, 0.1) is 25.2 Å². The summed E-state index contributed by atoms with van der Waals surface area (Å²) in [6.45, 7) is 7.78. The number of likely N-dealkylation sites (N-methyl/N-ethyl adjacent to an activating group) is 1. The third kappa shape index (κ3) is 8.14. The lowest BCUT2D eigenvalue weighted by Crippen LogP contribution is -2.43. The summed E-state index contributed by atoms with van der Waals surface area (Å²) in [5.41, 5.74) is 5.69. The molecule has 1 heterocycles. The van der Waals surface area contributed by atoms with E-state index in [2.05, 4.69) is 23.7 Å². The molecule has 8 heteroatoms. The molecule has 0 spiro atoms. The van der Waals surface area contributed by atoms with Crippen molar-refractivity contribution in [3.63, 3.8) is 0 Å². The van der Waals surface area contributed by atoms with Crippen LogP contribution >= 0.6 is 0 Å². The van der Waals surface area contributed by atoms with Crippen LogP contribution in [-0.2, 0) is 32.2 Å². The molecule has 0 saturated carbocycles. The maximum absolute atomic E-state index is 12.1. The highest BCUT2D eigenvalue weighted by molar-refractivity contribution is 5.80. The van der Waals surface area contributed by atoms with E-state index in [1.807, 2.05) is 85.9 Å². The average molecular weight is 573 g/mol. The molecule has 1 aliphatic rings. The number of rotatable bonds is 13. The number of nitrogens with one attached hydrogen (secondary N) is 1. The van der Waals surface area contributed by atoms with Crippen molar-refractivity contribution in [2.24, 2.45) is 5.92 Å². The van der Waals surface area contributed by atoms with Crippen LogP contribution in [0.25, 0.3) is 11.1 Å². The molecule has 1 amide bonds. The molecule has 4 atom stereocenters. The highest BCUT2D eigenvalue weighted by Gasteiger charge is 2.38. The lowest BCUT2D eigenvalue weighted by Gasteiger charge is -2.42. The Morgan fingerprint density at radius 1 is 0.976 bits per heavy atom. The summed E-state index contributed by atoms with van der Waals surface area (Å²) >= 11 is 0. The number of carboxylic acid groups (broad SMARTS) is 1. The maximum Gasteiger partial charge on any atom is 0.303 e. The molecule has 42 heavy (non-hydrogen) atoms. The van der Waals surface area contributed by atoms with Crippen molar-refractivity contribution < 1.29 is 29.3 Å². The average Bonchev–Trinajstić information content (AvgIpc) is 3.00. The van der Waals surface area contributed by atoms with E-state index in [1.165, 1.54) is 0 Å². The molecule has 3 N–H and O–H groups in total. The first-order chi connectivity index (χ1) is 20.3. The molecule has 222 valence electrons. The third-order valence-corrected chi connectivity index (χ3v) is 7.61. The Hall–Kier alpha value is -3.82. The number of hydrogen-bond donors (Lipinski definition) is 3. The third-order valence-electron chi connectivity index (χ3n) is 7.61. The van der Waals surface area contributed by atoms with Gasteiger partial charge in [-0.1, -0.05) is 85.8 Å². The predicted molar refractivity (Wildman–Crippen MR) is 161 cm³/mol. The number of aliphatic hydroxyl groups excluding tert-OH is 1. The number of benzene rings is 3. The van der Waals surface area contributed by atoms with E-state index in [9.17, 15) is 14.7 Å². The molecule has 0 aliphatic carbocycles. The minimum atomic E-state index is -0.993. The van der Waals surface area contributed by atoms with Crippen LogP contribution in [0.5, 0.6) is 0 Å². The van der Waals surface area contributed by atoms with Crippen molar-refractivity contribution in [3.8, 4) is 11.1 Å². The van der Waals surface area contributed by atoms with Gasteiger partial charge in [-0.05, 0) is 34.9 Å². The van der Waals surface area contributed by atoms with Gasteiger partial charge in [0.1, 0.15) is 0 Å². The number of hydrogen-bond acceptors (Lipinski definition) is 6. The highest BCUT2D eigenvalue weighted by atomic mass is 16.7. The first kappa shape index (κ1) is 31.1. The number of carbonyl (C=O) groups is 2. The van der Waals surface area contributed by atoms with Crippen LogP contribution in [0.2, 0.25) is 0 Å². The van der Waals surface area contributed by atoms with Crippen LogP contribution < -0.4 is 5.32 Å². The number of carbonyl (C=O) groups excluding carboxylic acids is 1. The largest absolute Gasteiger partial charge is 0.481 e. The Kier molecular flexibility index (Phi) is 11.0. The van der Waals surface area contributed by atoms with E-state index in [0.717, 1.165) is 46.5 Å². The second kappa shape index (κ2) is 14.9. The van der Waals surface area contributed by atoms with Gasteiger partial charge in [-0.3, -0.25) is 9.59 Å². The van der Waals surface area contributed by atoms with Gasteiger partial charge in [-0.2, -0.15) is 0 Å². The predicted octanol–water partition coefficient (Wildman–Crippen LogP) is 5.24. The first-order valence-corrected chi connectivity index (χ1v) is 14.3. The van der Waals surface area contributed by atoms with Crippen molar-refractivity contribution in [2.75, 3.05) is 20.1 Å². The van der Waals surface area contributed by atoms with Crippen LogP contribution in [0, 0.1) is 5.92 Å². The summed E-state index contributed by atoms with van der Waals surface area (Å²) in [6.07, 6.45) is 0.793. The van der Waals surface area contributed by atoms with Gasteiger partial charge in [0, 0.05) is 37.5 Å². The number of aliphatic carboxylic acids is 1. The van der Waals surface area contributed by atoms with E-state index < -0.39 is 12.3 Å². The van der Waals surface area contributed by atoms with Gasteiger partial charge in [0.2, 0.25) is 5.91 Å². The Labute approximate surface area is 247 Å². The van der Waals surface area contributed by atoms with E-state index in [1.54, 1.807) is 0 Å². The fraction of sp³-hybridized carbons (Fsp3) is 0.353. The molecule has 4 rings (SSSR count). The lowest BCUT2D eigenvalue weighted by atomic mass is 9.90. The standard InChI is InChI=1S/C34H40N2O6/c1-4-19-36(3)21-30-23(2)33(26-11-9-24(22-37)10-12-26)42-34(41-30)27-15-13-25(14-16-27)29-8-6-5-7-28(29)20-35-31(38)17-18-32(39)40/h4-16,23,30,33-34,37H,1,17-22H2,2-3H3,(H,35,38)(H,39,40)/t23-,30+,33+,34+/m0/s1. The van der Waals surface area contributed by atoms with Gasteiger partial charge >= 0.3 is 5.97 Å². The fourth-order valence-corrected chi connectivity index (χ4v) is 5.21. The molecule has 1 saturated heterocycles. The molecule has 0 aromatic heterocycles. The molecule has 0 unspecified atom stereocenters. The summed E-state index contributed by atoms with van der Waals surface area (Å²) in [6, 6.07) is 23.8. The van der Waals surface area contributed by atoms with Gasteiger partial charge in [0.15, 0.2) is 6.29 Å². The van der Waals surface area contributed by atoms with Gasteiger partial charge in [0.25, 0.3) is 0 Å². The van der Waals surface area contributed by atoms with Crippen LogP contribution in [0.4, 0.5) is 0 Å². The van der Waals surface area contributed by atoms with Gasteiger partial charge < -0.3 is 29.9 Å². The zero-order valence-electron chi connectivity index (χ0n) is 24.2. The van der Waals surface area contributed by atoms with E-state index in [0.29, 0.717) is 6.54 Å². The Balaban J connectivity index is 1.53. The smallest absolute Gasteiger partial charge is 0.303 e. The van der Waals surface area contributed by atoms with Crippen molar-refractivity contribution in [3.05, 3.63) is 108 Å². The molecule has 1 fully saturated rings. The van der Waals surface area contributed by atoms with Crippen molar-refractivity contribution in [1.82, 2.24) is 10.2 Å². The zero-order valence-corrected chi connectivity index (χ0v) is 24.2. The summed E-state index contributed by atoms with van der Waals surface area (Å²) in [5, 5.41) is 21.1. The molecular formula is C34H40N2O6. The molecule has 0 radical (unpaired) electrons. The monoisotopic (exact) mass is 572 g/mol. The van der Waals surface area contributed by atoms with Crippen molar-refractivity contribution >= 4 is 11.9 Å². The number of carboxylic acids is 1. The first-order valence-electron chi connectivity index (χ1n) is 14.3. The number of aliphatic hydroxyl groups is 1. The van der Waals surface area contributed by atoms with Crippen LogP contribution in [0.15, 0.2) is 85.5 Å². The molecule has 3 aromatic rings. The van der Waals surface area contributed by atoms with Crippen LogP contribution in [0.1, 0.15) is 54.4 Å². The van der Waals surface area contributed by atoms with E-state index in [-0.39, 0.29) is 43.5 Å². The van der Waals surface area contributed by atoms with Crippen LogP contribution in [0.3, 0.4) is 0 Å². The summed E-state index contributed by atoms with van der Waals surface area (Å²) in [5.74, 6) is -1.20. The van der Waals surface area contributed by atoms with E-state index >= 15 is 0 Å². The van der Waals surface area contributed by atoms with Crippen molar-refractivity contribution in [2.45, 2.75) is 51.4 Å². The molecule has 3 aromatic carbocycles. The maximum atomic E-state index is 12.1. The van der Waals surface area contributed by atoms with E-state index in [4.69, 9.17) is 14.6 Å². The quantitative estimate of drug-likeness (QED) is 0.241. The minimum absolute atomic E-state index is 0.00532. The Morgan fingerprint density at radius 2 is 1.67 bits per heavy atom. The molecule has 1 aliphatic heterocycles. The highest BCUT2D eigenvalue weighted by Crippen LogP contribution is 2.42.